The third-order valence-electron chi connectivity index (χ3n) is 3.57. The maximum absolute atomic E-state index is 4.70. The van der Waals surface area contributed by atoms with Crippen LogP contribution >= 0.6 is 0 Å². The Kier molecular flexibility index (Phi) is 4.17. The lowest BCUT2D eigenvalue weighted by atomic mass is 10.1. The van der Waals surface area contributed by atoms with Gasteiger partial charge in [-0.1, -0.05) is 13.8 Å². The summed E-state index contributed by atoms with van der Waals surface area (Å²) in [7, 11) is 0. The third-order valence-corrected chi connectivity index (χ3v) is 3.57. The molecule has 0 aliphatic carbocycles. The molecule has 0 spiro atoms. The third kappa shape index (κ3) is 2.80. The van der Waals surface area contributed by atoms with E-state index in [-0.39, 0.29) is 0 Å². The van der Waals surface area contributed by atoms with Crippen LogP contribution in [-0.2, 0) is 12.8 Å². The molecule has 2 rings (SSSR count). The SMILES string of the molecule is CCc1cc(CC)nc(N2CC(C)NCC2C)n1. The summed E-state index contributed by atoms with van der Waals surface area (Å²) in [4.78, 5) is 11.7. The number of piperazine rings is 1. The van der Waals surface area contributed by atoms with E-state index in [1.807, 2.05) is 0 Å². The Morgan fingerprint density at radius 3 is 2.39 bits per heavy atom. The zero-order valence-corrected chi connectivity index (χ0v) is 11.9. The Bertz CT molecular complexity index is 383. The molecular formula is C14H24N4. The summed E-state index contributed by atoms with van der Waals surface area (Å²) in [6, 6.07) is 3.08. The fourth-order valence-electron chi connectivity index (χ4n) is 2.33. The average molecular weight is 248 g/mol. The summed E-state index contributed by atoms with van der Waals surface area (Å²) < 4.78 is 0. The molecule has 2 unspecified atom stereocenters. The molecule has 0 radical (unpaired) electrons. The highest BCUT2D eigenvalue weighted by Gasteiger charge is 2.24. The molecule has 0 bridgehead atoms. The fraction of sp³-hybridized carbons (Fsp3) is 0.714. The van der Waals surface area contributed by atoms with Crippen LogP contribution in [-0.4, -0.2) is 35.1 Å². The van der Waals surface area contributed by atoms with Crippen molar-refractivity contribution >= 4 is 5.95 Å². The van der Waals surface area contributed by atoms with Crippen LogP contribution in [0, 0.1) is 0 Å². The zero-order valence-electron chi connectivity index (χ0n) is 11.9. The molecule has 1 aliphatic rings. The van der Waals surface area contributed by atoms with Crippen LogP contribution in [0.3, 0.4) is 0 Å². The average Bonchev–Trinajstić information content (AvgIpc) is 2.40. The van der Waals surface area contributed by atoms with E-state index in [0.29, 0.717) is 12.1 Å². The number of hydrogen-bond acceptors (Lipinski definition) is 4. The van der Waals surface area contributed by atoms with Crippen molar-refractivity contribution in [1.82, 2.24) is 15.3 Å². The summed E-state index contributed by atoms with van der Waals surface area (Å²) in [5.74, 6) is 0.909. The molecule has 0 aromatic carbocycles. The van der Waals surface area contributed by atoms with Crippen LogP contribution in [0.1, 0.15) is 39.1 Å². The van der Waals surface area contributed by atoms with Crippen LogP contribution < -0.4 is 10.2 Å². The number of hydrogen-bond donors (Lipinski definition) is 1. The van der Waals surface area contributed by atoms with E-state index < -0.39 is 0 Å². The van der Waals surface area contributed by atoms with Gasteiger partial charge < -0.3 is 10.2 Å². The predicted octanol–water partition coefficient (Wildman–Crippen LogP) is 1.79. The Morgan fingerprint density at radius 1 is 1.22 bits per heavy atom. The van der Waals surface area contributed by atoms with Crippen molar-refractivity contribution in [3.8, 4) is 0 Å². The first-order chi connectivity index (χ1) is 8.63. The molecule has 1 N–H and O–H groups in total. The number of nitrogens with one attached hydrogen (secondary N) is 1. The van der Waals surface area contributed by atoms with Gasteiger partial charge in [-0.3, -0.25) is 0 Å². The molecular weight excluding hydrogens is 224 g/mol. The summed E-state index contributed by atoms with van der Waals surface area (Å²) in [6.07, 6.45) is 1.94. The minimum absolute atomic E-state index is 0.456. The molecule has 0 amide bonds. The Morgan fingerprint density at radius 2 is 1.83 bits per heavy atom. The van der Waals surface area contributed by atoms with E-state index >= 15 is 0 Å². The zero-order chi connectivity index (χ0) is 13.1. The van der Waals surface area contributed by atoms with Crippen molar-refractivity contribution in [2.24, 2.45) is 0 Å². The van der Waals surface area contributed by atoms with E-state index in [1.54, 1.807) is 0 Å². The number of aryl methyl sites for hydroxylation is 2. The lowest BCUT2D eigenvalue weighted by Crippen LogP contribution is -2.55. The van der Waals surface area contributed by atoms with E-state index in [4.69, 9.17) is 9.97 Å². The Balaban J connectivity index is 2.30. The van der Waals surface area contributed by atoms with Crippen molar-refractivity contribution in [3.05, 3.63) is 17.5 Å². The van der Waals surface area contributed by atoms with E-state index in [2.05, 4.69) is 44.0 Å². The number of aromatic nitrogens is 2. The summed E-state index contributed by atoms with van der Waals surface area (Å²) in [5, 5.41) is 3.49. The monoisotopic (exact) mass is 248 g/mol. The van der Waals surface area contributed by atoms with Crippen molar-refractivity contribution in [1.29, 1.82) is 0 Å². The van der Waals surface area contributed by atoms with Crippen molar-refractivity contribution < 1.29 is 0 Å². The molecule has 0 saturated carbocycles. The first-order valence-electron chi connectivity index (χ1n) is 7.00. The van der Waals surface area contributed by atoms with Gasteiger partial charge in [-0.25, -0.2) is 9.97 Å². The molecule has 4 nitrogen and oxygen atoms in total. The second-order valence-electron chi connectivity index (χ2n) is 5.17. The number of anilines is 1. The van der Waals surface area contributed by atoms with Gasteiger partial charge in [0.15, 0.2) is 0 Å². The van der Waals surface area contributed by atoms with Crippen molar-refractivity contribution in [3.63, 3.8) is 0 Å². The molecule has 1 aromatic heterocycles. The van der Waals surface area contributed by atoms with Gasteiger partial charge in [-0.15, -0.1) is 0 Å². The molecule has 1 aliphatic heterocycles. The summed E-state index contributed by atoms with van der Waals surface area (Å²) in [5.41, 5.74) is 2.30. The van der Waals surface area contributed by atoms with Crippen LogP contribution in [0.25, 0.3) is 0 Å². The highest BCUT2D eigenvalue weighted by Crippen LogP contribution is 2.17. The standard InChI is InChI=1S/C14H24N4/c1-5-12-7-13(6-2)17-14(16-12)18-9-10(3)15-8-11(18)4/h7,10-11,15H,5-6,8-9H2,1-4H3. The van der Waals surface area contributed by atoms with Crippen LogP contribution in [0.4, 0.5) is 5.95 Å². The number of nitrogens with zero attached hydrogens (tertiary/aromatic N) is 3. The summed E-state index contributed by atoms with van der Waals surface area (Å²) in [6.45, 7) is 10.7. The maximum atomic E-state index is 4.70. The number of rotatable bonds is 3. The summed E-state index contributed by atoms with van der Waals surface area (Å²) >= 11 is 0. The van der Waals surface area contributed by atoms with Gasteiger partial charge in [-0.2, -0.15) is 0 Å². The fourth-order valence-corrected chi connectivity index (χ4v) is 2.33. The molecule has 2 atom stereocenters. The highest BCUT2D eigenvalue weighted by molar-refractivity contribution is 5.35. The van der Waals surface area contributed by atoms with E-state index in [0.717, 1.165) is 43.3 Å². The Hall–Kier alpha value is -1.16. The lowest BCUT2D eigenvalue weighted by molar-refractivity contribution is 0.419. The normalized spacial score (nSPS) is 24.3. The quantitative estimate of drug-likeness (QED) is 0.885. The molecule has 18 heavy (non-hydrogen) atoms. The van der Waals surface area contributed by atoms with Crippen molar-refractivity contribution in [2.45, 2.75) is 52.6 Å². The Labute approximate surface area is 110 Å². The van der Waals surface area contributed by atoms with Gasteiger partial charge in [-0.05, 0) is 32.8 Å². The molecule has 1 fully saturated rings. The van der Waals surface area contributed by atoms with Gasteiger partial charge >= 0.3 is 0 Å². The smallest absolute Gasteiger partial charge is 0.226 e. The first kappa shape index (κ1) is 13.3. The minimum atomic E-state index is 0.456. The van der Waals surface area contributed by atoms with Crippen LogP contribution in [0.2, 0.25) is 0 Å². The molecule has 1 aromatic rings. The minimum Gasteiger partial charge on any atom is -0.335 e. The lowest BCUT2D eigenvalue weighted by Gasteiger charge is -2.37. The van der Waals surface area contributed by atoms with Crippen molar-refractivity contribution in [2.75, 3.05) is 18.0 Å². The molecule has 100 valence electrons. The predicted molar refractivity (Wildman–Crippen MR) is 75.1 cm³/mol. The van der Waals surface area contributed by atoms with Gasteiger partial charge in [0.25, 0.3) is 0 Å². The van der Waals surface area contributed by atoms with Gasteiger partial charge in [0.1, 0.15) is 0 Å². The van der Waals surface area contributed by atoms with E-state index in [1.165, 1.54) is 0 Å². The second kappa shape index (κ2) is 5.65. The maximum Gasteiger partial charge on any atom is 0.226 e. The van der Waals surface area contributed by atoms with Gasteiger partial charge in [0.2, 0.25) is 5.95 Å². The molecule has 4 heteroatoms. The largest absolute Gasteiger partial charge is 0.335 e. The first-order valence-corrected chi connectivity index (χ1v) is 7.00. The van der Waals surface area contributed by atoms with Crippen LogP contribution in [0.5, 0.6) is 0 Å². The van der Waals surface area contributed by atoms with Crippen LogP contribution in [0.15, 0.2) is 6.07 Å². The molecule has 1 saturated heterocycles. The van der Waals surface area contributed by atoms with Gasteiger partial charge in [0, 0.05) is 36.6 Å². The van der Waals surface area contributed by atoms with E-state index in [9.17, 15) is 0 Å². The highest BCUT2D eigenvalue weighted by atomic mass is 15.3. The second-order valence-corrected chi connectivity index (χ2v) is 5.17. The topological polar surface area (TPSA) is 41.1 Å². The van der Waals surface area contributed by atoms with Gasteiger partial charge in [0.05, 0.1) is 0 Å². The molecule has 2 heterocycles.